The maximum Gasteiger partial charge on any atom is 0.236 e. The van der Waals surface area contributed by atoms with Crippen LogP contribution in [-0.2, 0) is 19.7 Å². The second-order valence-electron chi connectivity index (χ2n) is 8.29. The lowest BCUT2D eigenvalue weighted by Gasteiger charge is -2.45. The van der Waals surface area contributed by atoms with Gasteiger partial charge in [-0.25, -0.2) is 0 Å². The summed E-state index contributed by atoms with van der Waals surface area (Å²) in [5, 5.41) is 23.0. The molecule has 1 amide bonds. The number of hydrogen-bond donors (Lipinski definition) is 3. The topological polar surface area (TPSA) is 99.1 Å². The average molecular weight is 400 g/mol. The van der Waals surface area contributed by atoms with Crippen LogP contribution in [0.4, 0.5) is 5.69 Å². The summed E-state index contributed by atoms with van der Waals surface area (Å²) in [5.41, 5.74) is 1.01. The number of ether oxygens (including phenoxy) is 1. The van der Waals surface area contributed by atoms with Crippen LogP contribution in [0.3, 0.4) is 0 Å². The first-order valence-electron chi connectivity index (χ1n) is 10.2. The Morgan fingerprint density at radius 1 is 1.45 bits per heavy atom. The number of carbonyl (C=O) groups excluding carboxylic acids is 2. The Bertz CT molecular complexity index is 867. The van der Waals surface area contributed by atoms with Crippen molar-refractivity contribution in [2.24, 2.45) is 11.8 Å². The Kier molecular flexibility index (Phi) is 5.12. The number of aromatic hydroxyl groups is 1. The molecule has 0 radical (unpaired) electrons. The molecule has 4 atom stereocenters. The van der Waals surface area contributed by atoms with E-state index in [0.29, 0.717) is 29.7 Å². The van der Waals surface area contributed by atoms with E-state index < -0.39 is 12.0 Å². The zero-order valence-corrected chi connectivity index (χ0v) is 16.9. The van der Waals surface area contributed by atoms with Gasteiger partial charge >= 0.3 is 0 Å². The van der Waals surface area contributed by atoms with Gasteiger partial charge in [0.15, 0.2) is 5.78 Å². The molecule has 3 aliphatic rings. The molecule has 29 heavy (non-hydrogen) atoms. The fourth-order valence-corrected chi connectivity index (χ4v) is 5.77. The normalized spacial score (nSPS) is 31.5. The molecule has 7 nitrogen and oxygen atoms in total. The number of hydrogen-bond acceptors (Lipinski definition) is 6. The number of ketones is 1. The molecule has 3 aliphatic heterocycles. The number of Topliss-reactive ketones (excluding diaryl/α,β-unsaturated/α-hetero) is 1. The van der Waals surface area contributed by atoms with E-state index in [1.54, 1.807) is 12.1 Å². The number of nitrogens with zero attached hydrogens (tertiary/aromatic N) is 1. The Labute approximate surface area is 170 Å². The molecule has 0 saturated carbocycles. The molecule has 3 heterocycles. The molecule has 0 aliphatic carbocycles. The molecule has 1 spiro atoms. The Balaban J connectivity index is 1.77. The van der Waals surface area contributed by atoms with E-state index in [1.807, 2.05) is 6.07 Å². The number of methoxy groups -OCH3 is 1. The SMILES string of the molecule is CC[C@@H]1CN2CC[C@]3(C(=O)Nc4cccc(O)c43)[C@H]2C[C@@H]1C(=COC)C(=O)CO. The predicted octanol–water partition coefficient (Wildman–Crippen LogP) is 1.79. The lowest BCUT2D eigenvalue weighted by atomic mass is 9.67. The molecule has 2 fully saturated rings. The number of fused-ring (bicyclic) bond motifs is 4. The van der Waals surface area contributed by atoms with Gasteiger partial charge in [-0.3, -0.25) is 14.5 Å². The van der Waals surface area contributed by atoms with Gasteiger partial charge in [-0.15, -0.1) is 0 Å². The minimum atomic E-state index is -0.821. The van der Waals surface area contributed by atoms with Gasteiger partial charge in [0.05, 0.1) is 18.8 Å². The lowest BCUT2D eigenvalue weighted by Crippen LogP contribution is -2.53. The highest BCUT2D eigenvalue weighted by Gasteiger charge is 2.61. The number of phenols is 1. The average Bonchev–Trinajstić information content (AvgIpc) is 3.24. The van der Waals surface area contributed by atoms with Crippen molar-refractivity contribution in [3.63, 3.8) is 0 Å². The molecular weight excluding hydrogens is 372 g/mol. The minimum absolute atomic E-state index is 0.0824. The van der Waals surface area contributed by atoms with Crippen molar-refractivity contribution in [2.75, 3.05) is 32.1 Å². The molecule has 156 valence electrons. The van der Waals surface area contributed by atoms with Crippen molar-refractivity contribution < 1.29 is 24.5 Å². The van der Waals surface area contributed by atoms with E-state index >= 15 is 0 Å². The molecule has 0 aromatic heterocycles. The molecular formula is C22H28N2O5. The van der Waals surface area contributed by atoms with Gasteiger partial charge in [0.1, 0.15) is 12.4 Å². The van der Waals surface area contributed by atoms with Gasteiger partial charge in [0.25, 0.3) is 0 Å². The van der Waals surface area contributed by atoms with Crippen LogP contribution in [0.5, 0.6) is 5.75 Å². The van der Waals surface area contributed by atoms with Crippen LogP contribution >= 0.6 is 0 Å². The summed E-state index contributed by atoms with van der Waals surface area (Å²) in [4.78, 5) is 28.0. The molecule has 1 aromatic carbocycles. The van der Waals surface area contributed by atoms with Crippen molar-refractivity contribution >= 4 is 17.4 Å². The standard InChI is InChI=1S/C22H28N2O5/c1-3-13-10-24-8-7-22(20-16(23-21(22)28)5-4-6-17(20)26)19(24)9-14(13)15(12-29-2)18(27)11-25/h4-6,12-14,19,25-26H,3,7-11H2,1-2H3,(H,23,28)/t13-,14+,19-,22+/m1/s1. The lowest BCUT2D eigenvalue weighted by molar-refractivity contribution is -0.122. The summed E-state index contributed by atoms with van der Waals surface area (Å²) in [7, 11) is 1.50. The number of piperidine rings is 1. The monoisotopic (exact) mass is 400 g/mol. The number of amides is 1. The molecule has 1 aromatic rings. The number of rotatable bonds is 5. The Hall–Kier alpha value is -2.38. The summed E-state index contributed by atoms with van der Waals surface area (Å²) >= 11 is 0. The first-order valence-corrected chi connectivity index (χ1v) is 10.2. The molecule has 3 N–H and O–H groups in total. The van der Waals surface area contributed by atoms with Crippen molar-refractivity contribution in [3.8, 4) is 5.75 Å². The second-order valence-corrected chi connectivity index (χ2v) is 8.29. The second kappa shape index (κ2) is 7.46. The van der Waals surface area contributed by atoms with Crippen LogP contribution in [0, 0.1) is 11.8 Å². The minimum Gasteiger partial charge on any atom is -0.508 e. The van der Waals surface area contributed by atoms with Crippen molar-refractivity contribution in [1.29, 1.82) is 0 Å². The Morgan fingerprint density at radius 3 is 2.93 bits per heavy atom. The van der Waals surface area contributed by atoms with E-state index in [2.05, 4.69) is 17.1 Å². The van der Waals surface area contributed by atoms with E-state index in [9.17, 15) is 19.8 Å². The van der Waals surface area contributed by atoms with Gasteiger partial charge in [-0.05, 0) is 43.4 Å². The summed E-state index contributed by atoms with van der Waals surface area (Å²) < 4.78 is 5.17. The summed E-state index contributed by atoms with van der Waals surface area (Å²) in [6, 6.07) is 5.06. The first kappa shape index (κ1) is 19.9. The summed E-state index contributed by atoms with van der Waals surface area (Å²) in [5.74, 6) is -0.169. The third-order valence-electron chi connectivity index (χ3n) is 7.09. The highest BCUT2D eigenvalue weighted by molar-refractivity contribution is 6.08. The van der Waals surface area contributed by atoms with Crippen LogP contribution in [0.1, 0.15) is 31.7 Å². The number of carbonyl (C=O) groups is 2. The van der Waals surface area contributed by atoms with Gasteiger partial charge in [0.2, 0.25) is 5.91 Å². The number of nitrogens with one attached hydrogen (secondary N) is 1. The predicted molar refractivity (Wildman–Crippen MR) is 107 cm³/mol. The van der Waals surface area contributed by atoms with Crippen molar-refractivity contribution in [2.45, 2.75) is 37.6 Å². The molecule has 2 saturated heterocycles. The van der Waals surface area contributed by atoms with E-state index in [4.69, 9.17) is 4.74 Å². The van der Waals surface area contributed by atoms with Crippen molar-refractivity contribution in [3.05, 3.63) is 35.6 Å². The zero-order valence-electron chi connectivity index (χ0n) is 16.9. The summed E-state index contributed by atoms with van der Waals surface area (Å²) in [6.45, 7) is 3.07. The first-order chi connectivity index (χ1) is 14.0. The summed E-state index contributed by atoms with van der Waals surface area (Å²) in [6.07, 6.45) is 3.56. The number of aliphatic hydroxyl groups is 1. The number of aliphatic hydroxyl groups excluding tert-OH is 1. The van der Waals surface area contributed by atoms with Gasteiger partial charge in [-0.1, -0.05) is 19.4 Å². The molecule has 4 rings (SSSR count). The number of anilines is 1. The molecule has 0 unspecified atom stereocenters. The van der Waals surface area contributed by atoms with E-state index in [0.717, 1.165) is 19.5 Å². The van der Waals surface area contributed by atoms with Crippen LogP contribution in [0.2, 0.25) is 0 Å². The van der Waals surface area contributed by atoms with Crippen LogP contribution in [0.25, 0.3) is 0 Å². The zero-order chi connectivity index (χ0) is 20.8. The third kappa shape index (κ3) is 2.87. The highest BCUT2D eigenvalue weighted by atomic mass is 16.5. The third-order valence-corrected chi connectivity index (χ3v) is 7.09. The maximum atomic E-state index is 13.2. The maximum absolute atomic E-state index is 13.2. The largest absolute Gasteiger partial charge is 0.508 e. The quantitative estimate of drug-likeness (QED) is 0.515. The Morgan fingerprint density at radius 2 is 2.24 bits per heavy atom. The van der Waals surface area contributed by atoms with E-state index in [-0.39, 0.29) is 35.3 Å². The highest BCUT2D eigenvalue weighted by Crippen LogP contribution is 2.55. The molecule has 7 heteroatoms. The van der Waals surface area contributed by atoms with Gasteiger partial charge < -0.3 is 20.3 Å². The fraction of sp³-hybridized carbons (Fsp3) is 0.545. The fourth-order valence-electron chi connectivity index (χ4n) is 5.77. The number of benzene rings is 1. The van der Waals surface area contributed by atoms with Crippen molar-refractivity contribution in [1.82, 2.24) is 4.90 Å². The van der Waals surface area contributed by atoms with Crippen LogP contribution < -0.4 is 5.32 Å². The van der Waals surface area contributed by atoms with Crippen LogP contribution in [-0.4, -0.2) is 59.7 Å². The van der Waals surface area contributed by atoms with Crippen LogP contribution in [0.15, 0.2) is 30.0 Å². The smallest absolute Gasteiger partial charge is 0.236 e. The van der Waals surface area contributed by atoms with Gasteiger partial charge in [-0.2, -0.15) is 0 Å². The van der Waals surface area contributed by atoms with E-state index in [1.165, 1.54) is 13.4 Å². The molecule has 0 bridgehead atoms. The van der Waals surface area contributed by atoms with Gasteiger partial charge in [0, 0.05) is 29.4 Å². The number of phenolic OH excluding ortho intramolecular Hbond substituents is 1.